The summed E-state index contributed by atoms with van der Waals surface area (Å²) in [5.41, 5.74) is 4.44. The largest absolute Gasteiger partial charge is 0.485 e. The van der Waals surface area contributed by atoms with Crippen LogP contribution in [0.15, 0.2) is 65.3 Å². The molecule has 0 bridgehead atoms. The summed E-state index contributed by atoms with van der Waals surface area (Å²) in [6, 6.07) is 18.1. The van der Waals surface area contributed by atoms with Crippen LogP contribution < -0.4 is 4.74 Å². The number of furan rings is 1. The molecule has 0 amide bonds. The van der Waals surface area contributed by atoms with E-state index in [1.165, 1.54) is 5.56 Å². The number of benzene rings is 2. The van der Waals surface area contributed by atoms with Crippen molar-refractivity contribution in [2.75, 3.05) is 0 Å². The fraction of sp³-hybridized carbons (Fsp3) is 0.190. The number of para-hydroxylation sites is 2. The predicted octanol–water partition coefficient (Wildman–Crippen LogP) is 4.87. The van der Waals surface area contributed by atoms with E-state index in [4.69, 9.17) is 14.1 Å². The van der Waals surface area contributed by atoms with Crippen molar-refractivity contribution < 1.29 is 9.15 Å². The van der Waals surface area contributed by atoms with Crippen molar-refractivity contribution in [1.29, 1.82) is 0 Å². The highest BCUT2D eigenvalue weighted by atomic mass is 16.5. The van der Waals surface area contributed by atoms with Crippen LogP contribution in [0.4, 0.5) is 0 Å². The van der Waals surface area contributed by atoms with Gasteiger partial charge in [0.1, 0.15) is 23.9 Å². The van der Waals surface area contributed by atoms with E-state index in [0.717, 1.165) is 33.9 Å². The highest BCUT2D eigenvalue weighted by Crippen LogP contribution is 2.23. The molecule has 0 spiro atoms. The summed E-state index contributed by atoms with van der Waals surface area (Å²) in [5, 5.41) is 0. The number of imidazole rings is 1. The number of nitrogens with zero attached hydrogens (tertiary/aromatic N) is 2. The Hall–Kier alpha value is -3.01. The molecule has 4 aromatic rings. The highest BCUT2D eigenvalue weighted by Gasteiger charge is 2.13. The summed E-state index contributed by atoms with van der Waals surface area (Å²) in [7, 11) is 0. The maximum atomic E-state index is 6.08. The normalized spacial score (nSPS) is 11.1. The smallest absolute Gasteiger partial charge is 0.148 e. The molecule has 4 nitrogen and oxygen atoms in total. The van der Waals surface area contributed by atoms with Gasteiger partial charge in [-0.05, 0) is 55.3 Å². The first-order valence-electron chi connectivity index (χ1n) is 8.38. The Morgan fingerprint density at radius 3 is 2.72 bits per heavy atom. The van der Waals surface area contributed by atoms with Gasteiger partial charge in [0.2, 0.25) is 0 Å². The number of hydrogen-bond acceptors (Lipinski definition) is 3. The molecule has 4 heteroatoms. The molecular formula is C21H20N2O2. The Morgan fingerprint density at radius 1 is 1.00 bits per heavy atom. The second-order valence-electron chi connectivity index (χ2n) is 6.17. The first kappa shape index (κ1) is 15.5. The lowest BCUT2D eigenvalue weighted by molar-refractivity contribution is 0.288. The summed E-state index contributed by atoms with van der Waals surface area (Å²) in [6.45, 7) is 5.23. The van der Waals surface area contributed by atoms with Crippen LogP contribution >= 0.6 is 0 Å². The van der Waals surface area contributed by atoms with Crippen LogP contribution in [0.2, 0.25) is 0 Å². The fourth-order valence-electron chi connectivity index (χ4n) is 2.99. The molecule has 126 valence electrons. The first-order chi connectivity index (χ1) is 12.2. The third-order valence-electron chi connectivity index (χ3n) is 4.54. The number of rotatable bonds is 5. The lowest BCUT2D eigenvalue weighted by Gasteiger charge is -2.12. The zero-order chi connectivity index (χ0) is 17.2. The van der Waals surface area contributed by atoms with Crippen molar-refractivity contribution in [3.8, 4) is 5.75 Å². The molecule has 0 aliphatic carbocycles. The van der Waals surface area contributed by atoms with Gasteiger partial charge in [-0.2, -0.15) is 0 Å². The number of hydrogen-bond donors (Lipinski definition) is 0. The topological polar surface area (TPSA) is 40.2 Å². The van der Waals surface area contributed by atoms with Crippen molar-refractivity contribution in [2.45, 2.75) is 27.0 Å². The maximum absolute atomic E-state index is 6.08. The maximum Gasteiger partial charge on any atom is 0.148 e. The summed E-state index contributed by atoms with van der Waals surface area (Å²) in [5.74, 6) is 2.69. The third-order valence-corrected chi connectivity index (χ3v) is 4.54. The quantitative estimate of drug-likeness (QED) is 0.523. The zero-order valence-corrected chi connectivity index (χ0v) is 14.4. The van der Waals surface area contributed by atoms with Crippen LogP contribution in [-0.2, 0) is 13.2 Å². The standard InChI is InChI=1S/C21H20N2O2/c1-15-7-5-11-20(16(15)2)25-14-21-22-18-9-3-4-10-19(18)23(21)13-17-8-6-12-24-17/h3-12H,13-14H2,1-2H3. The molecule has 0 saturated carbocycles. The summed E-state index contributed by atoms with van der Waals surface area (Å²) >= 11 is 0. The average molecular weight is 332 g/mol. The van der Waals surface area contributed by atoms with E-state index in [-0.39, 0.29) is 0 Å². The molecule has 4 rings (SSSR count). The van der Waals surface area contributed by atoms with E-state index in [2.05, 4.69) is 30.5 Å². The van der Waals surface area contributed by atoms with Gasteiger partial charge in [-0.15, -0.1) is 0 Å². The number of fused-ring (bicyclic) bond motifs is 1. The van der Waals surface area contributed by atoms with E-state index in [0.29, 0.717) is 13.2 Å². The summed E-state index contributed by atoms with van der Waals surface area (Å²) in [6.07, 6.45) is 1.70. The van der Waals surface area contributed by atoms with Gasteiger partial charge in [0, 0.05) is 0 Å². The van der Waals surface area contributed by atoms with Crippen LogP contribution in [0, 0.1) is 13.8 Å². The van der Waals surface area contributed by atoms with Gasteiger partial charge < -0.3 is 13.7 Å². The Labute approximate surface area is 146 Å². The predicted molar refractivity (Wildman–Crippen MR) is 97.8 cm³/mol. The van der Waals surface area contributed by atoms with Crippen LogP contribution in [0.25, 0.3) is 11.0 Å². The van der Waals surface area contributed by atoms with E-state index in [1.807, 2.05) is 42.5 Å². The van der Waals surface area contributed by atoms with E-state index < -0.39 is 0 Å². The van der Waals surface area contributed by atoms with Crippen molar-refractivity contribution in [3.05, 3.63) is 83.6 Å². The van der Waals surface area contributed by atoms with Crippen LogP contribution in [0.5, 0.6) is 5.75 Å². The van der Waals surface area contributed by atoms with Gasteiger partial charge in [0.05, 0.1) is 23.8 Å². The molecule has 0 unspecified atom stereocenters. The van der Waals surface area contributed by atoms with Gasteiger partial charge in [0.15, 0.2) is 0 Å². The molecule has 0 radical (unpaired) electrons. The van der Waals surface area contributed by atoms with Gasteiger partial charge in [-0.1, -0.05) is 24.3 Å². The molecule has 0 saturated heterocycles. The van der Waals surface area contributed by atoms with Gasteiger partial charge in [0.25, 0.3) is 0 Å². The molecule has 2 heterocycles. The minimum Gasteiger partial charge on any atom is -0.485 e. The van der Waals surface area contributed by atoms with E-state index >= 15 is 0 Å². The second kappa shape index (κ2) is 6.48. The zero-order valence-electron chi connectivity index (χ0n) is 14.4. The first-order valence-corrected chi connectivity index (χ1v) is 8.38. The Balaban J connectivity index is 1.67. The minimum absolute atomic E-state index is 0.416. The lowest BCUT2D eigenvalue weighted by atomic mass is 10.1. The Bertz CT molecular complexity index is 1000. The molecular weight excluding hydrogens is 312 g/mol. The Kier molecular flexibility index (Phi) is 4.02. The molecule has 2 aromatic heterocycles. The van der Waals surface area contributed by atoms with E-state index in [9.17, 15) is 0 Å². The van der Waals surface area contributed by atoms with Gasteiger partial charge in [-0.25, -0.2) is 4.98 Å². The second-order valence-corrected chi connectivity index (χ2v) is 6.17. The van der Waals surface area contributed by atoms with Crippen molar-refractivity contribution in [2.24, 2.45) is 0 Å². The molecule has 0 fully saturated rings. The summed E-state index contributed by atoms with van der Waals surface area (Å²) < 4.78 is 13.8. The SMILES string of the molecule is Cc1cccc(OCc2nc3ccccc3n2Cc2ccco2)c1C. The monoisotopic (exact) mass is 332 g/mol. The molecule has 25 heavy (non-hydrogen) atoms. The summed E-state index contributed by atoms with van der Waals surface area (Å²) in [4.78, 5) is 4.76. The van der Waals surface area contributed by atoms with Crippen molar-refractivity contribution >= 4 is 11.0 Å². The van der Waals surface area contributed by atoms with Crippen LogP contribution in [-0.4, -0.2) is 9.55 Å². The van der Waals surface area contributed by atoms with Crippen LogP contribution in [0.1, 0.15) is 22.7 Å². The van der Waals surface area contributed by atoms with E-state index in [1.54, 1.807) is 6.26 Å². The van der Waals surface area contributed by atoms with Crippen molar-refractivity contribution in [3.63, 3.8) is 0 Å². The lowest BCUT2D eigenvalue weighted by Crippen LogP contribution is -2.08. The fourth-order valence-corrected chi connectivity index (χ4v) is 2.99. The van der Waals surface area contributed by atoms with Gasteiger partial charge >= 0.3 is 0 Å². The molecule has 0 atom stereocenters. The molecule has 0 aliphatic heterocycles. The Morgan fingerprint density at radius 2 is 1.88 bits per heavy atom. The molecule has 0 N–H and O–H groups in total. The number of aryl methyl sites for hydroxylation is 1. The van der Waals surface area contributed by atoms with Crippen molar-refractivity contribution in [1.82, 2.24) is 9.55 Å². The minimum atomic E-state index is 0.416. The number of ether oxygens (including phenoxy) is 1. The van der Waals surface area contributed by atoms with Gasteiger partial charge in [-0.3, -0.25) is 0 Å². The molecule has 0 aliphatic rings. The average Bonchev–Trinajstić information content (AvgIpc) is 3.25. The number of aromatic nitrogens is 2. The highest BCUT2D eigenvalue weighted by molar-refractivity contribution is 5.76. The van der Waals surface area contributed by atoms with Crippen LogP contribution in [0.3, 0.4) is 0 Å². The molecule has 2 aromatic carbocycles. The third kappa shape index (κ3) is 3.03.